The lowest BCUT2D eigenvalue weighted by molar-refractivity contribution is -0.174. The summed E-state index contributed by atoms with van der Waals surface area (Å²) in [6, 6.07) is -0.661. The van der Waals surface area contributed by atoms with Crippen LogP contribution in [0.25, 0.3) is 0 Å². The van der Waals surface area contributed by atoms with Gasteiger partial charge < -0.3 is 9.94 Å². The molecule has 5 nitrogen and oxygen atoms in total. The summed E-state index contributed by atoms with van der Waals surface area (Å²) in [5.74, 6) is -1.07. The first kappa shape index (κ1) is 23.1. The monoisotopic (exact) mass is 369 g/mol. The molecule has 0 aromatic heterocycles. The zero-order chi connectivity index (χ0) is 19.0. The molecule has 1 N–H and O–H groups in total. The van der Waals surface area contributed by atoms with E-state index in [-0.39, 0.29) is 0 Å². The van der Waals surface area contributed by atoms with Crippen LogP contribution in [0.4, 0.5) is 0 Å². The van der Waals surface area contributed by atoms with Gasteiger partial charge in [0.05, 0.1) is 0 Å². The Morgan fingerprint density at radius 3 is 1.85 bits per heavy atom. The van der Waals surface area contributed by atoms with E-state index >= 15 is 0 Å². The Bertz CT molecular complexity index is 386. The highest BCUT2D eigenvalue weighted by Crippen LogP contribution is 2.16. The molecular weight excluding hydrogens is 330 g/mol. The van der Waals surface area contributed by atoms with Crippen LogP contribution in [0, 0.1) is 0 Å². The van der Waals surface area contributed by atoms with Crippen molar-refractivity contribution in [1.82, 2.24) is 5.06 Å². The van der Waals surface area contributed by atoms with Gasteiger partial charge in [0.25, 0.3) is 0 Å². The van der Waals surface area contributed by atoms with E-state index < -0.39 is 18.0 Å². The van der Waals surface area contributed by atoms with Crippen LogP contribution < -0.4 is 0 Å². The van der Waals surface area contributed by atoms with E-state index in [0.717, 1.165) is 30.7 Å². The van der Waals surface area contributed by atoms with E-state index in [0.29, 0.717) is 19.4 Å². The van der Waals surface area contributed by atoms with Gasteiger partial charge in [0.1, 0.15) is 6.04 Å². The fraction of sp³-hybridized carbons (Fsp3) is 0.905. The van der Waals surface area contributed by atoms with E-state index in [1.54, 1.807) is 0 Å². The van der Waals surface area contributed by atoms with E-state index in [1.165, 1.54) is 64.2 Å². The maximum atomic E-state index is 11.8. The number of nitrogens with zero attached hydrogens (tertiary/aromatic N) is 1. The predicted octanol–water partition coefficient (Wildman–Crippen LogP) is 5.39. The van der Waals surface area contributed by atoms with Gasteiger partial charge in [-0.3, -0.25) is 4.79 Å². The van der Waals surface area contributed by atoms with Gasteiger partial charge in [-0.05, 0) is 19.3 Å². The molecule has 1 aliphatic heterocycles. The van der Waals surface area contributed by atoms with Gasteiger partial charge in [-0.25, -0.2) is 4.79 Å². The minimum absolute atomic E-state index is 0.293. The van der Waals surface area contributed by atoms with Gasteiger partial charge in [0.2, 0.25) is 0 Å². The van der Waals surface area contributed by atoms with E-state index in [4.69, 9.17) is 4.74 Å². The van der Waals surface area contributed by atoms with Crippen molar-refractivity contribution < 1.29 is 19.5 Å². The Balaban J connectivity index is 1.85. The number of carbonyl (C=O) groups excluding carboxylic acids is 2. The van der Waals surface area contributed by atoms with Crippen LogP contribution in [-0.2, 0) is 14.3 Å². The summed E-state index contributed by atoms with van der Waals surface area (Å²) in [6.07, 6.45) is 17.9. The van der Waals surface area contributed by atoms with Crippen LogP contribution >= 0.6 is 0 Å². The SMILES string of the molecule is CCCCCCCCCCCCCCCC(=O)OC(=O)[C@H]1CCCN1O. The van der Waals surface area contributed by atoms with Crippen molar-refractivity contribution in [3.8, 4) is 0 Å². The maximum absolute atomic E-state index is 11.8. The summed E-state index contributed by atoms with van der Waals surface area (Å²) in [5.41, 5.74) is 0. The molecule has 0 aromatic rings. The minimum Gasteiger partial charge on any atom is -0.392 e. The molecule has 1 rings (SSSR count). The Labute approximate surface area is 159 Å². The van der Waals surface area contributed by atoms with Crippen molar-refractivity contribution in [2.45, 2.75) is 116 Å². The van der Waals surface area contributed by atoms with Gasteiger partial charge in [0.15, 0.2) is 0 Å². The smallest absolute Gasteiger partial charge is 0.333 e. The van der Waals surface area contributed by atoms with Crippen molar-refractivity contribution in [1.29, 1.82) is 0 Å². The molecule has 0 radical (unpaired) electrons. The molecule has 0 aliphatic carbocycles. The molecule has 0 aromatic carbocycles. The van der Waals surface area contributed by atoms with Crippen molar-refractivity contribution >= 4 is 11.9 Å². The number of hydroxylamine groups is 2. The van der Waals surface area contributed by atoms with Gasteiger partial charge >= 0.3 is 11.9 Å². The topological polar surface area (TPSA) is 66.8 Å². The Hall–Kier alpha value is -0.940. The van der Waals surface area contributed by atoms with Crippen LogP contribution in [0.5, 0.6) is 0 Å². The van der Waals surface area contributed by atoms with Gasteiger partial charge in [-0.15, -0.1) is 0 Å². The lowest BCUT2D eigenvalue weighted by atomic mass is 10.0. The summed E-state index contributed by atoms with van der Waals surface area (Å²) in [4.78, 5) is 23.4. The molecule has 1 heterocycles. The number of unbranched alkanes of at least 4 members (excludes halogenated alkanes) is 12. The van der Waals surface area contributed by atoms with E-state index in [1.807, 2.05) is 0 Å². The number of esters is 2. The van der Waals surface area contributed by atoms with Crippen molar-refractivity contribution in [2.75, 3.05) is 6.54 Å². The average molecular weight is 370 g/mol. The molecule has 0 spiro atoms. The quantitative estimate of drug-likeness (QED) is 0.238. The van der Waals surface area contributed by atoms with Gasteiger partial charge in [-0.1, -0.05) is 84.0 Å². The molecule has 1 saturated heterocycles. The highest BCUT2D eigenvalue weighted by molar-refractivity contribution is 5.88. The highest BCUT2D eigenvalue weighted by Gasteiger charge is 2.32. The normalized spacial score (nSPS) is 17.5. The van der Waals surface area contributed by atoms with Crippen LogP contribution in [-0.4, -0.2) is 34.8 Å². The van der Waals surface area contributed by atoms with Crippen LogP contribution in [0.1, 0.15) is 110 Å². The lowest BCUT2D eigenvalue weighted by Crippen LogP contribution is -2.35. The molecule has 0 saturated carbocycles. The Morgan fingerprint density at radius 2 is 1.38 bits per heavy atom. The molecule has 1 atom stereocenters. The first-order valence-corrected chi connectivity index (χ1v) is 10.8. The van der Waals surface area contributed by atoms with Crippen LogP contribution in [0.3, 0.4) is 0 Å². The summed E-state index contributed by atoms with van der Waals surface area (Å²) >= 11 is 0. The second-order valence-corrected chi connectivity index (χ2v) is 7.61. The van der Waals surface area contributed by atoms with Gasteiger partial charge in [-0.2, -0.15) is 5.06 Å². The third-order valence-corrected chi connectivity index (χ3v) is 5.20. The predicted molar refractivity (Wildman–Crippen MR) is 103 cm³/mol. The zero-order valence-corrected chi connectivity index (χ0v) is 16.7. The molecule has 26 heavy (non-hydrogen) atoms. The molecule has 1 aliphatic rings. The Morgan fingerprint density at radius 1 is 0.885 bits per heavy atom. The number of ether oxygens (including phenoxy) is 1. The second kappa shape index (κ2) is 15.2. The third-order valence-electron chi connectivity index (χ3n) is 5.20. The number of hydrogen-bond donors (Lipinski definition) is 1. The summed E-state index contributed by atoms with van der Waals surface area (Å²) in [6.45, 7) is 2.72. The lowest BCUT2D eigenvalue weighted by Gasteiger charge is -2.15. The van der Waals surface area contributed by atoms with Crippen molar-refractivity contribution in [3.63, 3.8) is 0 Å². The number of hydrogen-bond acceptors (Lipinski definition) is 5. The molecule has 5 heteroatoms. The summed E-state index contributed by atoms with van der Waals surface area (Å²) in [7, 11) is 0. The maximum Gasteiger partial charge on any atom is 0.333 e. The zero-order valence-electron chi connectivity index (χ0n) is 16.7. The van der Waals surface area contributed by atoms with Crippen LogP contribution in [0.15, 0.2) is 0 Å². The highest BCUT2D eigenvalue weighted by atomic mass is 16.6. The number of carbonyl (C=O) groups is 2. The molecular formula is C21H39NO4. The van der Waals surface area contributed by atoms with E-state index in [9.17, 15) is 14.8 Å². The molecule has 0 bridgehead atoms. The minimum atomic E-state index is -0.661. The third kappa shape index (κ3) is 10.9. The fourth-order valence-electron chi connectivity index (χ4n) is 3.51. The fourth-order valence-corrected chi connectivity index (χ4v) is 3.51. The summed E-state index contributed by atoms with van der Waals surface area (Å²) in [5, 5.41) is 10.5. The van der Waals surface area contributed by atoms with Crippen molar-refractivity contribution in [2.24, 2.45) is 0 Å². The van der Waals surface area contributed by atoms with E-state index in [2.05, 4.69) is 6.92 Å². The number of rotatable bonds is 15. The molecule has 0 unspecified atom stereocenters. The molecule has 1 fully saturated rings. The first-order valence-electron chi connectivity index (χ1n) is 10.8. The largest absolute Gasteiger partial charge is 0.392 e. The first-order chi connectivity index (χ1) is 12.6. The average Bonchev–Trinajstić information content (AvgIpc) is 3.05. The Kier molecular flexibility index (Phi) is 13.5. The van der Waals surface area contributed by atoms with Crippen molar-refractivity contribution in [3.05, 3.63) is 0 Å². The standard InChI is InChI=1S/C21H39NO4/c1-2-3-4-5-6-7-8-9-10-11-12-13-14-17-20(23)26-21(24)19-16-15-18-22(19)25/h19,25H,2-18H2,1H3/t19-/m1/s1. The molecule has 152 valence electrons. The van der Waals surface area contributed by atoms with Gasteiger partial charge in [0, 0.05) is 13.0 Å². The molecule has 0 amide bonds. The summed E-state index contributed by atoms with van der Waals surface area (Å²) < 4.78 is 4.83. The second-order valence-electron chi connectivity index (χ2n) is 7.61. The van der Waals surface area contributed by atoms with Crippen LogP contribution in [0.2, 0.25) is 0 Å².